The number of hydrogen-bond acceptors (Lipinski definition) is 6. The number of nitro benzene ring substituents is 1. The quantitative estimate of drug-likeness (QED) is 0.469. The van der Waals surface area contributed by atoms with Crippen LogP contribution in [-0.2, 0) is 11.3 Å². The summed E-state index contributed by atoms with van der Waals surface area (Å²) in [6, 6.07) is 11.1. The fourth-order valence-electron chi connectivity index (χ4n) is 3.95. The first-order valence-corrected chi connectivity index (χ1v) is 10.5. The zero-order valence-corrected chi connectivity index (χ0v) is 18.0. The molecule has 1 saturated carbocycles. The second kappa shape index (κ2) is 10.6. The van der Waals surface area contributed by atoms with E-state index in [0.29, 0.717) is 18.0 Å². The van der Waals surface area contributed by atoms with Crippen LogP contribution in [-0.4, -0.2) is 41.4 Å². The third-order valence-corrected chi connectivity index (χ3v) is 5.53. The number of nitrogens with two attached hydrogens (primary N) is 1. The van der Waals surface area contributed by atoms with E-state index in [1.807, 2.05) is 0 Å². The summed E-state index contributed by atoms with van der Waals surface area (Å²) in [4.78, 5) is 36.9. The summed E-state index contributed by atoms with van der Waals surface area (Å²) >= 11 is 0. The van der Waals surface area contributed by atoms with Crippen LogP contribution in [0.1, 0.15) is 48.0 Å². The fraction of sp³-hybridized carbons (Fsp3) is 0.391. The molecule has 9 nitrogen and oxygen atoms in total. The molecule has 170 valence electrons. The number of methoxy groups -OCH3 is 1. The van der Waals surface area contributed by atoms with Gasteiger partial charge in [0.1, 0.15) is 0 Å². The van der Waals surface area contributed by atoms with Gasteiger partial charge in [0.2, 0.25) is 0 Å². The Kier molecular flexibility index (Phi) is 7.64. The molecule has 0 radical (unpaired) electrons. The number of primary amides is 1. The molecule has 1 fully saturated rings. The zero-order chi connectivity index (χ0) is 23.1. The normalized spacial score (nSPS) is 13.9. The van der Waals surface area contributed by atoms with Crippen molar-refractivity contribution < 1.29 is 24.0 Å². The van der Waals surface area contributed by atoms with Crippen molar-refractivity contribution in [3.05, 3.63) is 63.7 Å². The van der Waals surface area contributed by atoms with E-state index in [4.69, 9.17) is 15.2 Å². The van der Waals surface area contributed by atoms with Gasteiger partial charge in [-0.1, -0.05) is 31.4 Å². The number of carbonyl (C=O) groups is 2. The number of hydrogen-bond donors (Lipinski definition) is 1. The van der Waals surface area contributed by atoms with Crippen LogP contribution in [0.3, 0.4) is 0 Å². The van der Waals surface area contributed by atoms with Crippen molar-refractivity contribution >= 4 is 17.5 Å². The van der Waals surface area contributed by atoms with Crippen LogP contribution in [0.5, 0.6) is 11.5 Å². The SMILES string of the molecule is COc1cc(CN(C(=O)c2cccc([N+](=O)[O-])c2)C2CCCCC2)ccc1OCC(N)=O. The second-order valence-corrected chi connectivity index (χ2v) is 7.77. The molecular weight excluding hydrogens is 414 g/mol. The highest BCUT2D eigenvalue weighted by Crippen LogP contribution is 2.31. The minimum absolute atomic E-state index is 0.0484. The van der Waals surface area contributed by atoms with Crippen LogP contribution >= 0.6 is 0 Å². The van der Waals surface area contributed by atoms with E-state index in [1.165, 1.54) is 25.3 Å². The molecule has 32 heavy (non-hydrogen) atoms. The Morgan fingerprint density at radius 1 is 1.12 bits per heavy atom. The minimum Gasteiger partial charge on any atom is -0.493 e. The minimum atomic E-state index is -0.595. The van der Waals surface area contributed by atoms with Gasteiger partial charge in [0.15, 0.2) is 18.1 Å². The van der Waals surface area contributed by atoms with Crippen molar-refractivity contribution in [2.24, 2.45) is 5.73 Å². The van der Waals surface area contributed by atoms with E-state index in [2.05, 4.69) is 0 Å². The molecule has 3 rings (SSSR count). The highest BCUT2D eigenvalue weighted by atomic mass is 16.6. The van der Waals surface area contributed by atoms with E-state index in [9.17, 15) is 19.7 Å². The molecule has 1 aliphatic rings. The molecule has 0 unspecified atom stereocenters. The van der Waals surface area contributed by atoms with E-state index in [1.54, 1.807) is 29.2 Å². The molecule has 9 heteroatoms. The van der Waals surface area contributed by atoms with Crippen molar-refractivity contribution in [3.63, 3.8) is 0 Å². The molecular formula is C23H27N3O6. The molecule has 2 amide bonds. The first-order chi connectivity index (χ1) is 15.4. The van der Waals surface area contributed by atoms with Crippen molar-refractivity contribution in [2.45, 2.75) is 44.7 Å². The molecule has 0 bridgehead atoms. The highest BCUT2D eigenvalue weighted by molar-refractivity contribution is 5.95. The van der Waals surface area contributed by atoms with Crippen LogP contribution in [0, 0.1) is 10.1 Å². The largest absolute Gasteiger partial charge is 0.493 e. The number of non-ortho nitro benzene ring substituents is 1. The van der Waals surface area contributed by atoms with Crippen molar-refractivity contribution in [3.8, 4) is 11.5 Å². The summed E-state index contributed by atoms with van der Waals surface area (Å²) in [5.41, 5.74) is 6.13. The van der Waals surface area contributed by atoms with Gasteiger partial charge in [0, 0.05) is 30.3 Å². The summed E-state index contributed by atoms with van der Waals surface area (Å²) in [6.07, 6.45) is 4.98. The summed E-state index contributed by atoms with van der Waals surface area (Å²) in [6.45, 7) is 0.0494. The number of rotatable bonds is 9. The van der Waals surface area contributed by atoms with Crippen molar-refractivity contribution in [1.82, 2.24) is 4.90 Å². The van der Waals surface area contributed by atoms with E-state index >= 15 is 0 Å². The van der Waals surface area contributed by atoms with Gasteiger partial charge in [-0.2, -0.15) is 0 Å². The van der Waals surface area contributed by atoms with Crippen molar-refractivity contribution in [1.29, 1.82) is 0 Å². The Morgan fingerprint density at radius 3 is 2.53 bits per heavy atom. The van der Waals surface area contributed by atoms with Crippen LogP contribution in [0.25, 0.3) is 0 Å². The van der Waals surface area contributed by atoms with Gasteiger partial charge >= 0.3 is 0 Å². The maximum atomic E-state index is 13.4. The van der Waals surface area contributed by atoms with Crippen LogP contribution in [0.2, 0.25) is 0 Å². The Hall–Kier alpha value is -3.62. The smallest absolute Gasteiger partial charge is 0.270 e. The van der Waals surface area contributed by atoms with Gasteiger partial charge in [-0.25, -0.2) is 0 Å². The number of carbonyl (C=O) groups excluding carboxylic acids is 2. The van der Waals surface area contributed by atoms with Crippen LogP contribution in [0.4, 0.5) is 5.69 Å². The molecule has 0 saturated heterocycles. The molecule has 0 heterocycles. The molecule has 2 aromatic carbocycles. The molecule has 2 aromatic rings. The number of ether oxygens (including phenoxy) is 2. The Morgan fingerprint density at radius 2 is 1.88 bits per heavy atom. The third kappa shape index (κ3) is 5.75. The first kappa shape index (κ1) is 23.1. The number of nitrogens with zero attached hydrogens (tertiary/aromatic N) is 2. The number of benzene rings is 2. The molecule has 0 aliphatic heterocycles. The van der Waals surface area contributed by atoms with Gasteiger partial charge in [-0.15, -0.1) is 0 Å². The standard InChI is InChI=1S/C23H27N3O6/c1-31-21-12-16(10-11-20(21)32-15-22(24)27)14-25(18-7-3-2-4-8-18)23(28)17-6-5-9-19(13-17)26(29)30/h5-6,9-13,18H,2-4,7-8,14-15H2,1H3,(H2,24,27). The van der Waals surface area contributed by atoms with Gasteiger partial charge < -0.3 is 20.1 Å². The average molecular weight is 441 g/mol. The molecule has 0 spiro atoms. The Bertz CT molecular complexity index is 987. The first-order valence-electron chi connectivity index (χ1n) is 10.5. The molecule has 1 aliphatic carbocycles. The topological polar surface area (TPSA) is 125 Å². The van der Waals surface area contributed by atoms with Gasteiger partial charge in [-0.05, 0) is 36.6 Å². The predicted molar refractivity (Wildman–Crippen MR) is 118 cm³/mol. The highest BCUT2D eigenvalue weighted by Gasteiger charge is 2.27. The lowest BCUT2D eigenvalue weighted by atomic mass is 9.93. The average Bonchev–Trinajstić information content (AvgIpc) is 2.81. The molecule has 0 atom stereocenters. The Labute approximate surface area is 186 Å². The van der Waals surface area contributed by atoms with Gasteiger partial charge in [0.25, 0.3) is 17.5 Å². The monoisotopic (exact) mass is 441 g/mol. The lowest BCUT2D eigenvalue weighted by Gasteiger charge is -2.34. The predicted octanol–water partition coefficient (Wildman–Crippen LogP) is 3.44. The summed E-state index contributed by atoms with van der Waals surface area (Å²) in [5.74, 6) is -0.0322. The fourth-order valence-corrected chi connectivity index (χ4v) is 3.95. The van der Waals surface area contributed by atoms with E-state index < -0.39 is 10.8 Å². The van der Waals surface area contributed by atoms with Crippen LogP contribution in [0.15, 0.2) is 42.5 Å². The zero-order valence-electron chi connectivity index (χ0n) is 18.0. The van der Waals surface area contributed by atoms with E-state index in [0.717, 1.165) is 37.7 Å². The lowest BCUT2D eigenvalue weighted by Crippen LogP contribution is -2.41. The lowest BCUT2D eigenvalue weighted by molar-refractivity contribution is -0.384. The van der Waals surface area contributed by atoms with Gasteiger partial charge in [0.05, 0.1) is 12.0 Å². The van der Waals surface area contributed by atoms with Gasteiger partial charge in [-0.3, -0.25) is 19.7 Å². The van der Waals surface area contributed by atoms with E-state index in [-0.39, 0.29) is 29.8 Å². The molecule has 2 N–H and O–H groups in total. The summed E-state index contributed by atoms with van der Waals surface area (Å²) in [5, 5.41) is 11.2. The Balaban J connectivity index is 1.88. The number of amides is 2. The van der Waals surface area contributed by atoms with Crippen LogP contribution < -0.4 is 15.2 Å². The number of nitro groups is 1. The molecule has 0 aromatic heterocycles. The summed E-state index contributed by atoms with van der Waals surface area (Å²) < 4.78 is 10.8. The van der Waals surface area contributed by atoms with Crippen molar-refractivity contribution in [2.75, 3.05) is 13.7 Å². The maximum Gasteiger partial charge on any atom is 0.270 e. The third-order valence-electron chi connectivity index (χ3n) is 5.53. The second-order valence-electron chi connectivity index (χ2n) is 7.77. The summed E-state index contributed by atoms with van der Waals surface area (Å²) in [7, 11) is 1.49. The maximum absolute atomic E-state index is 13.4.